The zero-order valence-corrected chi connectivity index (χ0v) is 18.8. The lowest BCUT2D eigenvalue weighted by molar-refractivity contribution is -0.121. The van der Waals surface area contributed by atoms with Crippen molar-refractivity contribution < 1.29 is 13.6 Å². The number of carbonyl (C=O) groups is 1. The van der Waals surface area contributed by atoms with E-state index in [4.69, 9.17) is 0 Å². The van der Waals surface area contributed by atoms with Crippen LogP contribution in [0.25, 0.3) is 0 Å². The molecule has 1 N–H and O–H groups in total. The van der Waals surface area contributed by atoms with Crippen LogP contribution in [-0.4, -0.2) is 26.5 Å². The molecule has 0 saturated heterocycles. The van der Waals surface area contributed by atoms with E-state index in [2.05, 4.69) is 12.2 Å². The molecule has 0 saturated carbocycles. The van der Waals surface area contributed by atoms with Crippen LogP contribution in [0.2, 0.25) is 0 Å². The Hall–Kier alpha value is -0.420. The molecular weight excluding hydrogens is 358 g/mol. The van der Waals surface area contributed by atoms with E-state index in [9.17, 15) is 13.6 Å². The van der Waals surface area contributed by atoms with E-state index >= 15 is 0 Å². The summed E-state index contributed by atoms with van der Waals surface area (Å²) >= 11 is -2.16. The lowest BCUT2D eigenvalue weighted by Crippen LogP contribution is -2.28. The summed E-state index contributed by atoms with van der Waals surface area (Å²) in [5.74, 6) is -0.160. The number of hydrogen-bond donors (Lipinski definition) is 1. The fraction of sp³-hybridized carbons (Fsp3) is 0.955. The van der Waals surface area contributed by atoms with Crippen molar-refractivity contribution in [3.63, 3.8) is 0 Å². The predicted molar refractivity (Wildman–Crippen MR) is 116 cm³/mol. The highest BCUT2D eigenvalue weighted by molar-refractivity contribution is 7.79. The van der Waals surface area contributed by atoms with Crippen LogP contribution in [0, 0.1) is 0 Å². The van der Waals surface area contributed by atoms with Gasteiger partial charge in [-0.25, -0.2) is 0 Å². The van der Waals surface area contributed by atoms with Gasteiger partial charge in [0.05, 0.1) is 0 Å². The van der Waals surface area contributed by atoms with Gasteiger partial charge in [0.1, 0.15) is 0 Å². The van der Waals surface area contributed by atoms with E-state index in [1.807, 2.05) is 0 Å². The van der Waals surface area contributed by atoms with Crippen LogP contribution >= 0.6 is 0 Å². The van der Waals surface area contributed by atoms with Gasteiger partial charge in [-0.3, -0.25) is 9.00 Å². The summed E-state index contributed by atoms with van der Waals surface area (Å²) in [6.07, 6.45) is 21.4. The second kappa shape index (κ2) is 20.3. The SMILES string of the molecule is CCCCCCCCCCCCCCCCCCNC(=O)CC(C)S(=O)[O-]. The fourth-order valence-corrected chi connectivity index (χ4v) is 3.59. The van der Waals surface area contributed by atoms with Gasteiger partial charge < -0.3 is 9.87 Å². The van der Waals surface area contributed by atoms with E-state index in [1.165, 1.54) is 89.9 Å². The van der Waals surface area contributed by atoms with Gasteiger partial charge in [-0.15, -0.1) is 0 Å². The maximum atomic E-state index is 11.5. The van der Waals surface area contributed by atoms with Crippen LogP contribution in [0.5, 0.6) is 0 Å². The second-order valence-electron chi connectivity index (χ2n) is 7.93. The molecule has 0 aromatic heterocycles. The molecule has 4 nitrogen and oxygen atoms in total. The summed E-state index contributed by atoms with van der Waals surface area (Å²) < 4.78 is 21.4. The van der Waals surface area contributed by atoms with Crippen molar-refractivity contribution in [2.24, 2.45) is 0 Å². The normalized spacial score (nSPS) is 13.4. The Bertz CT molecular complexity index is 363. The topological polar surface area (TPSA) is 69.2 Å². The van der Waals surface area contributed by atoms with Crippen molar-refractivity contribution in [1.29, 1.82) is 0 Å². The number of unbranched alkanes of at least 4 members (excludes halogenated alkanes) is 15. The molecule has 0 fully saturated rings. The van der Waals surface area contributed by atoms with Crippen LogP contribution < -0.4 is 5.32 Å². The molecule has 1 amide bonds. The minimum Gasteiger partial charge on any atom is -0.772 e. The molecule has 0 bridgehead atoms. The van der Waals surface area contributed by atoms with Gasteiger partial charge in [-0.1, -0.05) is 121 Å². The molecule has 0 heterocycles. The summed E-state index contributed by atoms with van der Waals surface area (Å²) in [7, 11) is 0. The first-order valence-corrected chi connectivity index (χ1v) is 12.6. The van der Waals surface area contributed by atoms with Crippen LogP contribution in [-0.2, 0) is 15.9 Å². The number of hydrogen-bond acceptors (Lipinski definition) is 3. The summed E-state index contributed by atoms with van der Waals surface area (Å²) in [5, 5.41) is 2.20. The zero-order chi connectivity index (χ0) is 20.2. The summed E-state index contributed by atoms with van der Waals surface area (Å²) in [5.41, 5.74) is 0. The second-order valence-corrected chi connectivity index (χ2v) is 9.25. The van der Waals surface area contributed by atoms with Gasteiger partial charge >= 0.3 is 0 Å². The third kappa shape index (κ3) is 20.1. The Morgan fingerprint density at radius 2 is 1.15 bits per heavy atom. The first-order chi connectivity index (χ1) is 13.1. The lowest BCUT2D eigenvalue weighted by atomic mass is 10.0. The fourth-order valence-electron chi connectivity index (χ4n) is 3.30. The van der Waals surface area contributed by atoms with Gasteiger partial charge in [0.25, 0.3) is 0 Å². The molecule has 0 aromatic rings. The molecule has 162 valence electrons. The van der Waals surface area contributed by atoms with E-state index in [1.54, 1.807) is 6.92 Å². The summed E-state index contributed by atoms with van der Waals surface area (Å²) in [6.45, 7) is 4.49. The average Bonchev–Trinajstić information content (AvgIpc) is 2.64. The quantitative estimate of drug-likeness (QED) is 0.200. The minimum atomic E-state index is -2.16. The molecule has 0 aromatic carbocycles. The number of rotatable bonds is 20. The van der Waals surface area contributed by atoms with Crippen LogP contribution in [0.3, 0.4) is 0 Å². The molecule has 27 heavy (non-hydrogen) atoms. The van der Waals surface area contributed by atoms with Crippen molar-refractivity contribution in [2.45, 2.75) is 128 Å². The van der Waals surface area contributed by atoms with Crippen molar-refractivity contribution in [1.82, 2.24) is 5.32 Å². The Balaban J connectivity index is 3.17. The highest BCUT2D eigenvalue weighted by Crippen LogP contribution is 2.13. The van der Waals surface area contributed by atoms with Crippen molar-refractivity contribution in [2.75, 3.05) is 6.54 Å². The monoisotopic (exact) mass is 402 g/mol. The van der Waals surface area contributed by atoms with E-state index in [0.29, 0.717) is 6.54 Å². The third-order valence-electron chi connectivity index (χ3n) is 5.15. The van der Waals surface area contributed by atoms with Crippen molar-refractivity contribution >= 4 is 17.0 Å². The van der Waals surface area contributed by atoms with Crippen LogP contribution in [0.1, 0.15) is 123 Å². The van der Waals surface area contributed by atoms with Crippen LogP contribution in [0.15, 0.2) is 0 Å². The standard InChI is InChI=1S/C22H45NO3S/c1-3-4-5-6-7-8-9-10-11-12-13-14-15-16-17-18-19-23-22(24)20-21(2)27(25)26/h21H,3-20H2,1-2H3,(H,23,24)(H,25,26)/p-1. The maximum Gasteiger partial charge on any atom is 0.221 e. The van der Waals surface area contributed by atoms with Crippen LogP contribution in [0.4, 0.5) is 0 Å². The highest BCUT2D eigenvalue weighted by atomic mass is 32.2. The average molecular weight is 403 g/mol. The van der Waals surface area contributed by atoms with Gasteiger partial charge in [0, 0.05) is 18.2 Å². The first-order valence-electron chi connectivity index (χ1n) is 11.4. The zero-order valence-electron chi connectivity index (χ0n) is 17.9. The largest absolute Gasteiger partial charge is 0.772 e. The Morgan fingerprint density at radius 1 is 0.778 bits per heavy atom. The first kappa shape index (κ1) is 26.6. The number of nitrogens with one attached hydrogen (secondary N) is 1. The molecule has 0 spiro atoms. The van der Waals surface area contributed by atoms with Gasteiger partial charge in [-0.2, -0.15) is 0 Å². The van der Waals surface area contributed by atoms with E-state index in [-0.39, 0.29) is 12.3 Å². The molecule has 0 aliphatic carbocycles. The predicted octanol–water partition coefficient (Wildman–Crippen LogP) is 6.02. The van der Waals surface area contributed by atoms with Gasteiger partial charge in [-0.05, 0) is 6.42 Å². The summed E-state index contributed by atoms with van der Waals surface area (Å²) in [4.78, 5) is 11.5. The molecular formula is C22H44NO3S-. The summed E-state index contributed by atoms with van der Waals surface area (Å²) in [6, 6.07) is 0. The molecule has 0 radical (unpaired) electrons. The molecule has 5 heteroatoms. The lowest BCUT2D eigenvalue weighted by Gasteiger charge is -2.14. The van der Waals surface area contributed by atoms with Crippen molar-refractivity contribution in [3.05, 3.63) is 0 Å². The smallest absolute Gasteiger partial charge is 0.221 e. The maximum absolute atomic E-state index is 11.5. The van der Waals surface area contributed by atoms with Gasteiger partial charge in [0.15, 0.2) is 0 Å². The molecule has 0 aliphatic heterocycles. The number of carbonyl (C=O) groups excluding carboxylic acids is 1. The Kier molecular flexibility index (Phi) is 20.0. The van der Waals surface area contributed by atoms with E-state index in [0.717, 1.165) is 12.8 Å². The number of amides is 1. The molecule has 2 unspecified atom stereocenters. The molecule has 2 atom stereocenters. The Labute approximate surface area is 170 Å². The minimum absolute atomic E-state index is 0.0645. The molecule has 0 rings (SSSR count). The third-order valence-corrected chi connectivity index (χ3v) is 5.98. The van der Waals surface area contributed by atoms with Crippen molar-refractivity contribution in [3.8, 4) is 0 Å². The molecule has 0 aliphatic rings. The highest BCUT2D eigenvalue weighted by Gasteiger charge is 2.08. The Morgan fingerprint density at radius 3 is 1.52 bits per heavy atom. The van der Waals surface area contributed by atoms with E-state index < -0.39 is 16.3 Å². The van der Waals surface area contributed by atoms with Gasteiger partial charge in [0.2, 0.25) is 5.91 Å².